The zero-order chi connectivity index (χ0) is 13.6. The number of anilines is 1. The van der Waals surface area contributed by atoms with Gasteiger partial charge in [0.15, 0.2) is 0 Å². The van der Waals surface area contributed by atoms with Gasteiger partial charge in [0.2, 0.25) is 0 Å². The van der Waals surface area contributed by atoms with Crippen molar-refractivity contribution in [2.24, 2.45) is 0 Å². The quantitative estimate of drug-likeness (QED) is 0.703. The Morgan fingerprint density at radius 3 is 2.90 bits per heavy atom. The number of hydrogen-bond acceptors (Lipinski definition) is 5. The average molecular weight is 285 g/mol. The fourth-order valence-corrected chi connectivity index (χ4v) is 2.65. The molecule has 0 radical (unpaired) electrons. The molecule has 3 aromatic rings. The SMILES string of the molecule is c1ccc(OCCCNc2ncnc3sccc23)cc1. The molecule has 1 N–H and O–H groups in total. The molecule has 5 heteroatoms. The number of fused-ring (bicyclic) bond motifs is 1. The molecule has 0 saturated heterocycles. The summed E-state index contributed by atoms with van der Waals surface area (Å²) in [5, 5.41) is 6.45. The molecule has 1 aromatic carbocycles. The van der Waals surface area contributed by atoms with E-state index in [1.807, 2.05) is 41.8 Å². The predicted octanol–water partition coefficient (Wildman–Crippen LogP) is 3.57. The molecule has 0 amide bonds. The van der Waals surface area contributed by atoms with Crippen molar-refractivity contribution >= 4 is 27.4 Å². The number of aromatic nitrogens is 2. The van der Waals surface area contributed by atoms with Gasteiger partial charge in [-0.3, -0.25) is 0 Å². The molecule has 0 atom stereocenters. The predicted molar refractivity (Wildman–Crippen MR) is 82.5 cm³/mol. The van der Waals surface area contributed by atoms with Crippen molar-refractivity contribution in [2.75, 3.05) is 18.5 Å². The lowest BCUT2D eigenvalue weighted by Gasteiger charge is -2.08. The van der Waals surface area contributed by atoms with E-state index in [0.29, 0.717) is 6.61 Å². The molecule has 0 fully saturated rings. The molecular formula is C15H15N3OS. The second-order valence-corrected chi connectivity index (χ2v) is 5.20. The van der Waals surface area contributed by atoms with Crippen LogP contribution in [0.15, 0.2) is 48.1 Å². The molecule has 0 spiro atoms. The summed E-state index contributed by atoms with van der Waals surface area (Å²) in [6.07, 6.45) is 2.52. The van der Waals surface area contributed by atoms with Crippen LogP contribution in [0.3, 0.4) is 0 Å². The summed E-state index contributed by atoms with van der Waals surface area (Å²) in [6, 6.07) is 11.9. The number of nitrogens with zero attached hydrogens (tertiary/aromatic N) is 2. The Balaban J connectivity index is 1.47. The highest BCUT2D eigenvalue weighted by atomic mass is 32.1. The van der Waals surface area contributed by atoms with Crippen molar-refractivity contribution < 1.29 is 4.74 Å². The van der Waals surface area contributed by atoms with Gasteiger partial charge in [0, 0.05) is 6.54 Å². The van der Waals surface area contributed by atoms with Gasteiger partial charge in [-0.25, -0.2) is 9.97 Å². The van der Waals surface area contributed by atoms with Crippen LogP contribution >= 0.6 is 11.3 Å². The Morgan fingerprint density at radius 2 is 2.00 bits per heavy atom. The average Bonchev–Trinajstić information content (AvgIpc) is 2.97. The van der Waals surface area contributed by atoms with E-state index in [-0.39, 0.29) is 0 Å². The van der Waals surface area contributed by atoms with Crippen molar-refractivity contribution in [1.82, 2.24) is 9.97 Å². The van der Waals surface area contributed by atoms with Crippen LogP contribution in [0.1, 0.15) is 6.42 Å². The molecule has 0 bridgehead atoms. The molecule has 0 aliphatic carbocycles. The smallest absolute Gasteiger partial charge is 0.138 e. The second-order valence-electron chi connectivity index (χ2n) is 4.30. The molecular weight excluding hydrogens is 270 g/mol. The van der Waals surface area contributed by atoms with Gasteiger partial charge in [0.05, 0.1) is 12.0 Å². The summed E-state index contributed by atoms with van der Waals surface area (Å²) in [6.45, 7) is 1.52. The first-order chi connectivity index (χ1) is 9.93. The summed E-state index contributed by atoms with van der Waals surface area (Å²) in [4.78, 5) is 9.52. The normalized spacial score (nSPS) is 10.6. The molecule has 0 aliphatic rings. The fourth-order valence-electron chi connectivity index (χ4n) is 1.92. The molecule has 3 rings (SSSR count). The summed E-state index contributed by atoms with van der Waals surface area (Å²) in [5.41, 5.74) is 0. The van der Waals surface area contributed by atoms with Crippen LogP contribution in [0, 0.1) is 0 Å². The van der Waals surface area contributed by atoms with Gasteiger partial charge >= 0.3 is 0 Å². The highest BCUT2D eigenvalue weighted by Crippen LogP contribution is 2.23. The summed E-state index contributed by atoms with van der Waals surface area (Å²) in [7, 11) is 0. The largest absolute Gasteiger partial charge is 0.494 e. The number of benzene rings is 1. The Bertz CT molecular complexity index is 669. The number of rotatable bonds is 6. The Hall–Kier alpha value is -2.14. The van der Waals surface area contributed by atoms with Gasteiger partial charge in [0.1, 0.15) is 22.7 Å². The molecule has 0 saturated carbocycles. The first kappa shape index (κ1) is 12.9. The monoisotopic (exact) mass is 285 g/mol. The Labute approximate surface area is 121 Å². The van der Waals surface area contributed by atoms with Gasteiger partial charge in [0.25, 0.3) is 0 Å². The van der Waals surface area contributed by atoms with E-state index in [2.05, 4.69) is 15.3 Å². The van der Waals surface area contributed by atoms with E-state index in [0.717, 1.165) is 34.7 Å². The van der Waals surface area contributed by atoms with Crippen molar-refractivity contribution in [3.63, 3.8) is 0 Å². The number of thiophene rings is 1. The van der Waals surface area contributed by atoms with Crippen LogP contribution in [0.2, 0.25) is 0 Å². The minimum Gasteiger partial charge on any atom is -0.494 e. The number of para-hydroxylation sites is 1. The maximum atomic E-state index is 5.65. The first-order valence-electron chi connectivity index (χ1n) is 6.53. The van der Waals surface area contributed by atoms with Crippen LogP contribution in [-0.2, 0) is 0 Å². The maximum absolute atomic E-state index is 5.65. The molecule has 2 heterocycles. The number of nitrogens with one attached hydrogen (secondary N) is 1. The standard InChI is InChI=1S/C15H15N3OS/c1-2-5-12(6-3-1)19-9-4-8-16-14-13-7-10-20-15(13)18-11-17-14/h1-3,5-7,10-11H,4,8-9H2,(H,16,17,18). The van der Waals surface area contributed by atoms with Gasteiger partial charge in [-0.05, 0) is 30.0 Å². The zero-order valence-electron chi connectivity index (χ0n) is 11.0. The summed E-state index contributed by atoms with van der Waals surface area (Å²) < 4.78 is 5.65. The van der Waals surface area contributed by atoms with Crippen LogP contribution in [0.25, 0.3) is 10.2 Å². The molecule has 0 unspecified atom stereocenters. The molecule has 2 aromatic heterocycles. The third-order valence-electron chi connectivity index (χ3n) is 2.89. The van der Waals surface area contributed by atoms with Gasteiger partial charge in [-0.2, -0.15) is 0 Å². The first-order valence-corrected chi connectivity index (χ1v) is 7.41. The highest BCUT2D eigenvalue weighted by molar-refractivity contribution is 7.16. The van der Waals surface area contributed by atoms with E-state index in [9.17, 15) is 0 Å². The van der Waals surface area contributed by atoms with E-state index >= 15 is 0 Å². The lowest BCUT2D eigenvalue weighted by atomic mass is 10.3. The fraction of sp³-hybridized carbons (Fsp3) is 0.200. The lowest BCUT2D eigenvalue weighted by Crippen LogP contribution is -2.08. The Kier molecular flexibility index (Phi) is 4.08. The maximum Gasteiger partial charge on any atom is 0.138 e. The van der Waals surface area contributed by atoms with Gasteiger partial charge in [-0.1, -0.05) is 18.2 Å². The summed E-state index contributed by atoms with van der Waals surface area (Å²) in [5.74, 6) is 1.81. The highest BCUT2D eigenvalue weighted by Gasteiger charge is 2.03. The van der Waals surface area contributed by atoms with E-state index < -0.39 is 0 Å². The van der Waals surface area contributed by atoms with Gasteiger partial charge < -0.3 is 10.1 Å². The van der Waals surface area contributed by atoms with Crippen molar-refractivity contribution in [1.29, 1.82) is 0 Å². The number of ether oxygens (including phenoxy) is 1. The minimum absolute atomic E-state index is 0.689. The molecule has 20 heavy (non-hydrogen) atoms. The van der Waals surface area contributed by atoms with Crippen LogP contribution in [0.4, 0.5) is 5.82 Å². The molecule has 0 aliphatic heterocycles. The van der Waals surface area contributed by atoms with Crippen LogP contribution in [0.5, 0.6) is 5.75 Å². The van der Waals surface area contributed by atoms with E-state index in [1.165, 1.54) is 0 Å². The second kappa shape index (κ2) is 6.34. The third kappa shape index (κ3) is 3.05. The zero-order valence-corrected chi connectivity index (χ0v) is 11.8. The van der Waals surface area contributed by atoms with E-state index in [1.54, 1.807) is 17.7 Å². The van der Waals surface area contributed by atoms with Crippen LogP contribution in [-0.4, -0.2) is 23.1 Å². The topological polar surface area (TPSA) is 47.0 Å². The molecule has 4 nitrogen and oxygen atoms in total. The van der Waals surface area contributed by atoms with Crippen molar-refractivity contribution in [3.8, 4) is 5.75 Å². The third-order valence-corrected chi connectivity index (χ3v) is 3.71. The number of hydrogen-bond donors (Lipinski definition) is 1. The van der Waals surface area contributed by atoms with Gasteiger partial charge in [-0.15, -0.1) is 11.3 Å². The molecule has 102 valence electrons. The lowest BCUT2D eigenvalue weighted by molar-refractivity contribution is 0.315. The van der Waals surface area contributed by atoms with Crippen LogP contribution < -0.4 is 10.1 Å². The van der Waals surface area contributed by atoms with Crippen molar-refractivity contribution in [2.45, 2.75) is 6.42 Å². The van der Waals surface area contributed by atoms with E-state index in [4.69, 9.17) is 4.74 Å². The summed E-state index contributed by atoms with van der Waals surface area (Å²) >= 11 is 1.63. The van der Waals surface area contributed by atoms with Crippen molar-refractivity contribution in [3.05, 3.63) is 48.1 Å². The minimum atomic E-state index is 0.689. The Morgan fingerprint density at radius 1 is 1.10 bits per heavy atom.